The summed E-state index contributed by atoms with van der Waals surface area (Å²) in [6, 6.07) is 0. The van der Waals surface area contributed by atoms with Crippen LogP contribution in [0.15, 0.2) is 11.6 Å². The molecular formula is C10H16N+. The van der Waals surface area contributed by atoms with E-state index >= 15 is 0 Å². The molecule has 0 atom stereocenters. The van der Waals surface area contributed by atoms with Gasteiger partial charge in [-0.1, -0.05) is 6.08 Å². The molecule has 0 unspecified atom stereocenters. The number of hydrogen-bond donors (Lipinski definition) is 0. The summed E-state index contributed by atoms with van der Waals surface area (Å²) in [5, 5.41) is 0. The van der Waals surface area contributed by atoms with Gasteiger partial charge in [0.05, 0.1) is 0 Å². The molecule has 0 spiro atoms. The molecule has 0 aromatic rings. The molecule has 0 bridgehead atoms. The van der Waals surface area contributed by atoms with Crippen LogP contribution in [0.4, 0.5) is 0 Å². The van der Waals surface area contributed by atoms with Crippen molar-refractivity contribution >= 4 is 5.71 Å². The van der Waals surface area contributed by atoms with Crippen molar-refractivity contribution in [2.75, 3.05) is 13.6 Å². The van der Waals surface area contributed by atoms with Gasteiger partial charge in [-0.2, -0.15) is 0 Å². The minimum atomic E-state index is 1.27. The minimum absolute atomic E-state index is 1.27. The summed E-state index contributed by atoms with van der Waals surface area (Å²) in [6.07, 6.45) is 9.11. The Morgan fingerprint density at radius 3 is 3.09 bits per heavy atom. The SMILES string of the molecule is C[N+]1=C2CCC=C2CCCC1. The first-order valence-corrected chi connectivity index (χ1v) is 4.64. The molecule has 0 radical (unpaired) electrons. The van der Waals surface area contributed by atoms with E-state index in [1.165, 1.54) is 38.6 Å². The van der Waals surface area contributed by atoms with E-state index < -0.39 is 0 Å². The Balaban J connectivity index is 2.31. The van der Waals surface area contributed by atoms with Crippen LogP contribution in [0.2, 0.25) is 0 Å². The lowest BCUT2D eigenvalue weighted by Gasteiger charge is -1.97. The maximum atomic E-state index is 2.45. The molecule has 11 heavy (non-hydrogen) atoms. The van der Waals surface area contributed by atoms with Gasteiger partial charge in [0.1, 0.15) is 13.6 Å². The lowest BCUT2D eigenvalue weighted by molar-refractivity contribution is -0.497. The summed E-state index contributed by atoms with van der Waals surface area (Å²) in [4.78, 5) is 0. The molecule has 0 saturated heterocycles. The summed E-state index contributed by atoms with van der Waals surface area (Å²) in [7, 11) is 2.24. The molecule has 1 nitrogen and oxygen atoms in total. The Morgan fingerprint density at radius 1 is 1.27 bits per heavy atom. The quantitative estimate of drug-likeness (QED) is 0.464. The lowest BCUT2D eigenvalue weighted by atomic mass is 10.1. The van der Waals surface area contributed by atoms with Crippen molar-refractivity contribution in [3.8, 4) is 0 Å². The summed E-state index contributed by atoms with van der Waals surface area (Å²) in [6.45, 7) is 1.27. The third-order valence-corrected chi connectivity index (χ3v) is 2.79. The molecule has 1 aliphatic carbocycles. The fraction of sp³-hybridized carbons (Fsp3) is 0.700. The van der Waals surface area contributed by atoms with Gasteiger partial charge in [0.25, 0.3) is 0 Å². The number of fused-ring (bicyclic) bond motifs is 1. The van der Waals surface area contributed by atoms with Crippen LogP contribution in [0.25, 0.3) is 0 Å². The number of allylic oxidation sites excluding steroid dienone is 2. The second kappa shape index (κ2) is 2.80. The molecular weight excluding hydrogens is 134 g/mol. The molecule has 1 aliphatic heterocycles. The summed E-state index contributed by atoms with van der Waals surface area (Å²) in [5.41, 5.74) is 3.27. The van der Waals surface area contributed by atoms with Crippen molar-refractivity contribution in [2.45, 2.75) is 32.1 Å². The highest BCUT2D eigenvalue weighted by Gasteiger charge is 2.22. The van der Waals surface area contributed by atoms with Gasteiger partial charge in [0.2, 0.25) is 0 Å². The maximum Gasteiger partial charge on any atom is 0.178 e. The predicted molar refractivity (Wildman–Crippen MR) is 47.2 cm³/mol. The van der Waals surface area contributed by atoms with Crippen LogP contribution in [0.5, 0.6) is 0 Å². The molecule has 0 N–H and O–H groups in total. The van der Waals surface area contributed by atoms with E-state index in [4.69, 9.17) is 0 Å². The molecule has 0 saturated carbocycles. The van der Waals surface area contributed by atoms with Crippen molar-refractivity contribution in [2.24, 2.45) is 0 Å². The first-order valence-electron chi connectivity index (χ1n) is 4.64. The third-order valence-electron chi connectivity index (χ3n) is 2.79. The minimum Gasteiger partial charge on any atom is -0.236 e. The highest BCUT2D eigenvalue weighted by Crippen LogP contribution is 2.22. The van der Waals surface area contributed by atoms with Crippen molar-refractivity contribution in [1.82, 2.24) is 0 Å². The van der Waals surface area contributed by atoms with Gasteiger partial charge in [-0.05, 0) is 19.3 Å². The third kappa shape index (κ3) is 1.24. The van der Waals surface area contributed by atoms with E-state index in [2.05, 4.69) is 17.7 Å². The van der Waals surface area contributed by atoms with Gasteiger partial charge in [-0.25, -0.2) is 4.58 Å². The Labute approximate surface area is 68.4 Å². The van der Waals surface area contributed by atoms with Gasteiger partial charge in [-0.3, -0.25) is 0 Å². The van der Waals surface area contributed by atoms with Crippen LogP contribution in [-0.2, 0) is 0 Å². The lowest BCUT2D eigenvalue weighted by Crippen LogP contribution is -2.15. The molecule has 0 fully saturated rings. The standard InChI is InChI=1S/C10H16N/c1-11-8-3-2-5-9-6-4-7-10(9)11/h6H,2-5,7-8H2,1H3/q+1. The monoisotopic (exact) mass is 150 g/mol. The van der Waals surface area contributed by atoms with Gasteiger partial charge in [0, 0.05) is 18.4 Å². The number of hydrogen-bond acceptors (Lipinski definition) is 0. The average molecular weight is 150 g/mol. The fourth-order valence-corrected chi connectivity index (χ4v) is 2.14. The van der Waals surface area contributed by atoms with Gasteiger partial charge >= 0.3 is 0 Å². The van der Waals surface area contributed by atoms with Crippen molar-refractivity contribution in [1.29, 1.82) is 0 Å². The fourth-order valence-electron chi connectivity index (χ4n) is 2.14. The van der Waals surface area contributed by atoms with E-state index in [1.807, 2.05) is 0 Å². The zero-order valence-corrected chi connectivity index (χ0v) is 7.27. The molecule has 1 heterocycles. The van der Waals surface area contributed by atoms with Crippen molar-refractivity contribution in [3.63, 3.8) is 0 Å². The first kappa shape index (κ1) is 7.08. The summed E-state index contributed by atoms with van der Waals surface area (Å²) < 4.78 is 2.45. The topological polar surface area (TPSA) is 3.01 Å². The van der Waals surface area contributed by atoms with E-state index in [1.54, 1.807) is 11.3 Å². The zero-order chi connectivity index (χ0) is 7.68. The highest BCUT2D eigenvalue weighted by molar-refractivity contribution is 5.98. The largest absolute Gasteiger partial charge is 0.236 e. The zero-order valence-electron chi connectivity index (χ0n) is 7.27. The van der Waals surface area contributed by atoms with E-state index in [0.29, 0.717) is 0 Å². The smallest absolute Gasteiger partial charge is 0.178 e. The van der Waals surface area contributed by atoms with E-state index in [0.717, 1.165) is 0 Å². The molecule has 60 valence electrons. The van der Waals surface area contributed by atoms with Crippen molar-refractivity contribution < 1.29 is 4.58 Å². The molecule has 2 aliphatic rings. The second-order valence-corrected chi connectivity index (χ2v) is 3.59. The van der Waals surface area contributed by atoms with Crippen molar-refractivity contribution in [3.05, 3.63) is 11.6 Å². The number of rotatable bonds is 0. The Bertz CT molecular complexity index is 218. The van der Waals surface area contributed by atoms with Gasteiger partial charge < -0.3 is 0 Å². The highest BCUT2D eigenvalue weighted by atomic mass is 15.0. The van der Waals surface area contributed by atoms with E-state index in [-0.39, 0.29) is 0 Å². The van der Waals surface area contributed by atoms with E-state index in [9.17, 15) is 0 Å². The predicted octanol–water partition coefficient (Wildman–Crippen LogP) is 1.97. The van der Waals surface area contributed by atoms with Gasteiger partial charge in [-0.15, -0.1) is 0 Å². The average Bonchev–Trinajstić information content (AvgIpc) is 2.40. The van der Waals surface area contributed by atoms with Crippen LogP contribution >= 0.6 is 0 Å². The molecule has 0 aromatic carbocycles. The maximum absolute atomic E-state index is 2.45. The Hall–Kier alpha value is -0.590. The van der Waals surface area contributed by atoms with Crippen LogP contribution in [0.1, 0.15) is 32.1 Å². The Kier molecular flexibility index (Phi) is 1.80. The molecule has 1 heteroatoms. The first-order chi connectivity index (χ1) is 5.38. The van der Waals surface area contributed by atoms with Crippen LogP contribution < -0.4 is 0 Å². The molecule has 0 amide bonds. The second-order valence-electron chi connectivity index (χ2n) is 3.59. The summed E-state index contributed by atoms with van der Waals surface area (Å²) >= 11 is 0. The van der Waals surface area contributed by atoms with Crippen LogP contribution in [-0.4, -0.2) is 23.9 Å². The number of nitrogens with zero attached hydrogens (tertiary/aromatic N) is 1. The molecule has 0 aromatic heterocycles. The normalized spacial score (nSPS) is 24.6. The van der Waals surface area contributed by atoms with Crippen LogP contribution in [0, 0.1) is 0 Å². The summed E-state index contributed by atoms with van der Waals surface area (Å²) in [5.74, 6) is 0. The Morgan fingerprint density at radius 2 is 2.18 bits per heavy atom. The van der Waals surface area contributed by atoms with Crippen LogP contribution in [0.3, 0.4) is 0 Å². The molecule has 2 rings (SSSR count). The van der Waals surface area contributed by atoms with Gasteiger partial charge in [0.15, 0.2) is 5.71 Å².